The van der Waals surface area contributed by atoms with Gasteiger partial charge >= 0.3 is 0 Å². The Bertz CT molecular complexity index is 878. The first-order valence-corrected chi connectivity index (χ1v) is 8.08. The summed E-state index contributed by atoms with van der Waals surface area (Å²) in [4.78, 5) is 20.9. The molecule has 21 heavy (non-hydrogen) atoms. The van der Waals surface area contributed by atoms with Gasteiger partial charge in [0.15, 0.2) is 5.92 Å². The van der Waals surface area contributed by atoms with Gasteiger partial charge in [0.2, 0.25) is 5.78 Å². The van der Waals surface area contributed by atoms with E-state index in [1.165, 1.54) is 22.7 Å². The molecule has 0 spiro atoms. The number of carbonyl (C=O) groups is 1. The fraction of sp³-hybridized carbons (Fsp3) is 0.143. The average molecular weight is 334 g/mol. The molecule has 0 radical (unpaired) electrons. The summed E-state index contributed by atoms with van der Waals surface area (Å²) in [6.07, 6.45) is 0. The van der Waals surface area contributed by atoms with Crippen LogP contribution < -0.4 is 0 Å². The Labute approximate surface area is 133 Å². The van der Waals surface area contributed by atoms with Gasteiger partial charge in [-0.2, -0.15) is 5.26 Å². The lowest BCUT2D eigenvalue weighted by molar-refractivity contribution is 0.0974. The van der Waals surface area contributed by atoms with Crippen molar-refractivity contribution in [3.8, 4) is 6.07 Å². The van der Waals surface area contributed by atoms with E-state index in [1.807, 2.05) is 19.1 Å². The molecule has 7 heteroatoms. The van der Waals surface area contributed by atoms with Crippen LogP contribution in [0.3, 0.4) is 0 Å². The number of aromatic nitrogens is 2. The van der Waals surface area contributed by atoms with E-state index in [4.69, 9.17) is 11.6 Å². The highest BCUT2D eigenvalue weighted by Crippen LogP contribution is 2.31. The molecule has 0 amide bonds. The van der Waals surface area contributed by atoms with Crippen LogP contribution in [0.4, 0.5) is 0 Å². The number of nitrogens with zero attached hydrogens (tertiary/aromatic N) is 3. The molecule has 0 aliphatic carbocycles. The summed E-state index contributed by atoms with van der Waals surface area (Å²) in [6, 6.07) is 7.36. The molecule has 3 aromatic rings. The van der Waals surface area contributed by atoms with Crippen LogP contribution in [0.5, 0.6) is 0 Å². The third-order valence-corrected chi connectivity index (χ3v) is 4.99. The monoisotopic (exact) mass is 333 g/mol. The normalized spacial score (nSPS) is 12.2. The smallest absolute Gasteiger partial charge is 0.206 e. The minimum Gasteiger partial charge on any atom is -0.290 e. The van der Waals surface area contributed by atoms with Gasteiger partial charge in [0.1, 0.15) is 10.7 Å². The summed E-state index contributed by atoms with van der Waals surface area (Å²) in [7, 11) is 0. The highest BCUT2D eigenvalue weighted by molar-refractivity contribution is 7.18. The van der Waals surface area contributed by atoms with Gasteiger partial charge in [-0.1, -0.05) is 11.6 Å². The van der Waals surface area contributed by atoms with E-state index in [0.717, 1.165) is 9.71 Å². The highest BCUT2D eigenvalue weighted by Gasteiger charge is 2.27. The number of thiazole rings is 2. The van der Waals surface area contributed by atoms with Crippen molar-refractivity contribution in [2.24, 2.45) is 0 Å². The summed E-state index contributed by atoms with van der Waals surface area (Å²) >= 11 is 8.64. The van der Waals surface area contributed by atoms with E-state index in [-0.39, 0.29) is 5.78 Å². The van der Waals surface area contributed by atoms with Crippen molar-refractivity contribution in [3.63, 3.8) is 0 Å². The molecule has 0 aliphatic rings. The van der Waals surface area contributed by atoms with Gasteiger partial charge in [-0.15, -0.1) is 22.7 Å². The van der Waals surface area contributed by atoms with Gasteiger partial charge in [0.05, 0.1) is 21.3 Å². The van der Waals surface area contributed by atoms with E-state index in [9.17, 15) is 10.1 Å². The number of aryl methyl sites for hydroxylation is 1. The standard InChI is InChI=1S/C14H8ClN3OS2/c1-7-17-11(6-20-7)13(19)9(5-16)14-18-10-4-8(15)2-3-12(10)21-14/h2-4,6,9H,1H3/t9-/m1/s1. The molecular formula is C14H8ClN3OS2. The number of hydrogen-bond donors (Lipinski definition) is 0. The first-order valence-electron chi connectivity index (χ1n) is 6.00. The van der Waals surface area contributed by atoms with Gasteiger partial charge < -0.3 is 0 Å². The molecule has 0 aliphatic heterocycles. The molecule has 1 aromatic carbocycles. The van der Waals surface area contributed by atoms with Crippen molar-refractivity contribution < 1.29 is 4.79 Å². The van der Waals surface area contributed by atoms with Gasteiger partial charge in [-0.25, -0.2) is 9.97 Å². The number of ketones is 1. The van der Waals surface area contributed by atoms with E-state index in [2.05, 4.69) is 9.97 Å². The average Bonchev–Trinajstić information content (AvgIpc) is 3.05. The van der Waals surface area contributed by atoms with Crippen LogP contribution in [0.25, 0.3) is 10.2 Å². The van der Waals surface area contributed by atoms with Crippen molar-refractivity contribution >= 4 is 50.3 Å². The fourth-order valence-electron chi connectivity index (χ4n) is 1.89. The molecular weight excluding hydrogens is 326 g/mol. The second kappa shape index (κ2) is 5.53. The van der Waals surface area contributed by atoms with Gasteiger partial charge in [0.25, 0.3) is 0 Å². The molecule has 0 saturated carbocycles. The quantitative estimate of drug-likeness (QED) is 0.673. The van der Waals surface area contributed by atoms with Crippen molar-refractivity contribution in [2.75, 3.05) is 0 Å². The first-order chi connectivity index (χ1) is 10.1. The largest absolute Gasteiger partial charge is 0.290 e. The van der Waals surface area contributed by atoms with Gasteiger partial charge in [-0.3, -0.25) is 4.79 Å². The number of Topliss-reactive ketones (excluding diaryl/α,β-unsaturated/α-hetero) is 1. The zero-order chi connectivity index (χ0) is 15.0. The number of rotatable bonds is 3. The Kier molecular flexibility index (Phi) is 3.72. The molecule has 0 fully saturated rings. The van der Waals surface area contributed by atoms with Crippen molar-refractivity contribution in [1.82, 2.24) is 9.97 Å². The predicted octanol–water partition coefficient (Wildman–Crippen LogP) is 4.20. The molecule has 0 N–H and O–H groups in total. The highest BCUT2D eigenvalue weighted by atomic mass is 35.5. The van der Waals surface area contributed by atoms with Gasteiger partial charge in [0, 0.05) is 10.4 Å². The molecule has 2 heterocycles. The second-order valence-corrected chi connectivity index (χ2v) is 6.90. The van der Waals surface area contributed by atoms with Crippen LogP contribution in [-0.2, 0) is 0 Å². The van der Waals surface area contributed by atoms with Crippen LogP contribution in [0.2, 0.25) is 5.02 Å². The number of carbonyl (C=O) groups excluding carboxylic acids is 1. The maximum atomic E-state index is 12.4. The van der Waals surface area contributed by atoms with Gasteiger partial charge in [-0.05, 0) is 25.1 Å². The lowest BCUT2D eigenvalue weighted by atomic mass is 10.1. The van der Waals surface area contributed by atoms with E-state index < -0.39 is 5.92 Å². The third-order valence-electron chi connectivity index (χ3n) is 2.88. The number of nitriles is 1. The Morgan fingerprint density at radius 3 is 2.90 bits per heavy atom. The number of hydrogen-bond acceptors (Lipinski definition) is 6. The predicted molar refractivity (Wildman–Crippen MR) is 84.2 cm³/mol. The molecule has 0 unspecified atom stereocenters. The summed E-state index contributed by atoms with van der Waals surface area (Å²) in [5.74, 6) is -1.24. The lowest BCUT2D eigenvalue weighted by Gasteiger charge is -2.01. The van der Waals surface area contributed by atoms with Crippen LogP contribution in [0.1, 0.15) is 26.4 Å². The Balaban J connectivity index is 2.02. The molecule has 0 saturated heterocycles. The first kappa shape index (κ1) is 14.1. The van der Waals surface area contributed by atoms with E-state index in [1.54, 1.807) is 17.5 Å². The van der Waals surface area contributed by atoms with Crippen LogP contribution >= 0.6 is 34.3 Å². The topological polar surface area (TPSA) is 66.6 Å². The van der Waals surface area contributed by atoms with Crippen LogP contribution in [0.15, 0.2) is 23.6 Å². The third kappa shape index (κ3) is 2.68. The summed E-state index contributed by atoms with van der Waals surface area (Å²) < 4.78 is 0.900. The minimum atomic E-state index is -0.928. The summed E-state index contributed by atoms with van der Waals surface area (Å²) in [6.45, 7) is 1.82. The fourth-order valence-corrected chi connectivity index (χ4v) is 3.65. The molecule has 3 rings (SSSR count). The van der Waals surface area contributed by atoms with Crippen LogP contribution in [0, 0.1) is 18.3 Å². The Hall–Kier alpha value is -1.81. The van der Waals surface area contributed by atoms with Crippen molar-refractivity contribution in [1.29, 1.82) is 5.26 Å². The Morgan fingerprint density at radius 1 is 1.43 bits per heavy atom. The minimum absolute atomic E-state index is 0.313. The summed E-state index contributed by atoms with van der Waals surface area (Å²) in [5.41, 5.74) is 1.02. The maximum Gasteiger partial charge on any atom is 0.206 e. The van der Waals surface area contributed by atoms with E-state index >= 15 is 0 Å². The number of fused-ring (bicyclic) bond motifs is 1. The lowest BCUT2D eigenvalue weighted by Crippen LogP contribution is -2.11. The van der Waals surface area contributed by atoms with E-state index in [0.29, 0.717) is 21.2 Å². The molecule has 2 aromatic heterocycles. The molecule has 0 bridgehead atoms. The number of halogens is 1. The Morgan fingerprint density at radius 2 is 2.24 bits per heavy atom. The molecule has 4 nitrogen and oxygen atoms in total. The molecule has 104 valence electrons. The number of benzene rings is 1. The van der Waals surface area contributed by atoms with Crippen molar-refractivity contribution in [2.45, 2.75) is 12.8 Å². The summed E-state index contributed by atoms with van der Waals surface area (Å²) in [5, 5.41) is 12.9. The second-order valence-electron chi connectivity index (χ2n) is 4.34. The maximum absolute atomic E-state index is 12.4. The van der Waals surface area contributed by atoms with Crippen molar-refractivity contribution in [3.05, 3.63) is 44.3 Å². The van der Waals surface area contributed by atoms with Crippen LogP contribution in [-0.4, -0.2) is 15.8 Å². The molecule has 1 atom stereocenters. The zero-order valence-electron chi connectivity index (χ0n) is 10.8. The zero-order valence-corrected chi connectivity index (χ0v) is 13.2. The SMILES string of the molecule is Cc1nc(C(=O)[C@@H](C#N)c2nc3cc(Cl)ccc3s2)cs1.